The zero-order valence-electron chi connectivity index (χ0n) is 14.5. The number of aromatic nitrogens is 4. The van der Waals surface area contributed by atoms with E-state index in [-0.39, 0.29) is 11.8 Å². The van der Waals surface area contributed by atoms with Crippen LogP contribution in [0.5, 0.6) is 0 Å². The summed E-state index contributed by atoms with van der Waals surface area (Å²) >= 11 is 0. The number of likely N-dealkylation sites (tertiary alicyclic amines) is 1. The van der Waals surface area contributed by atoms with Gasteiger partial charge in [-0.2, -0.15) is 0 Å². The van der Waals surface area contributed by atoms with Crippen LogP contribution in [0.4, 0.5) is 0 Å². The van der Waals surface area contributed by atoms with Crippen LogP contribution in [-0.4, -0.2) is 43.4 Å². The average molecular weight is 347 g/mol. The van der Waals surface area contributed by atoms with Crippen molar-refractivity contribution in [1.29, 1.82) is 0 Å². The van der Waals surface area contributed by atoms with Crippen LogP contribution in [-0.2, 0) is 6.54 Å². The summed E-state index contributed by atoms with van der Waals surface area (Å²) in [5.74, 6) is 1.27. The number of nitrogens with zero attached hydrogens (tertiary/aromatic N) is 5. The number of piperidine rings is 1. The van der Waals surface area contributed by atoms with E-state index in [9.17, 15) is 4.79 Å². The molecule has 4 heterocycles. The molecule has 1 aliphatic rings. The standard InChI is InChI=1S/C20H21N5O/c26-20(18-7-1-2-9-22-18)25-11-4-6-17(15-25)19-23-10-12-24(19)14-16-5-3-8-21-13-16/h1-3,5,7-10,12-13,17H,4,6,11,14-15H2. The lowest BCUT2D eigenvalue weighted by atomic mass is 9.96. The maximum absolute atomic E-state index is 12.7. The Morgan fingerprint density at radius 1 is 1.12 bits per heavy atom. The van der Waals surface area contributed by atoms with Gasteiger partial charge in [-0.1, -0.05) is 12.1 Å². The maximum Gasteiger partial charge on any atom is 0.272 e. The molecule has 6 nitrogen and oxygen atoms in total. The summed E-state index contributed by atoms with van der Waals surface area (Å²) in [5.41, 5.74) is 1.65. The van der Waals surface area contributed by atoms with Crippen LogP contribution in [0.25, 0.3) is 0 Å². The number of rotatable bonds is 4. The third kappa shape index (κ3) is 3.49. The van der Waals surface area contributed by atoms with Crippen LogP contribution in [0.15, 0.2) is 61.3 Å². The smallest absolute Gasteiger partial charge is 0.272 e. The lowest BCUT2D eigenvalue weighted by Gasteiger charge is -2.32. The summed E-state index contributed by atoms with van der Waals surface area (Å²) in [5, 5.41) is 0. The molecule has 0 bridgehead atoms. The van der Waals surface area contributed by atoms with Crippen LogP contribution in [0.2, 0.25) is 0 Å². The Bertz CT molecular complexity index is 862. The summed E-state index contributed by atoms with van der Waals surface area (Å²) in [7, 11) is 0. The van der Waals surface area contributed by atoms with Gasteiger partial charge in [0.25, 0.3) is 5.91 Å². The summed E-state index contributed by atoms with van der Waals surface area (Å²) in [6, 6.07) is 9.46. The Hall–Kier alpha value is -3.02. The molecular weight excluding hydrogens is 326 g/mol. The molecule has 1 aliphatic heterocycles. The molecule has 1 atom stereocenters. The number of carbonyl (C=O) groups excluding carboxylic acids is 1. The number of amides is 1. The molecule has 0 N–H and O–H groups in total. The molecule has 3 aromatic rings. The molecule has 132 valence electrons. The first-order valence-corrected chi connectivity index (χ1v) is 8.91. The molecule has 0 spiro atoms. The average Bonchev–Trinajstić information content (AvgIpc) is 3.17. The zero-order valence-corrected chi connectivity index (χ0v) is 14.5. The van der Waals surface area contributed by atoms with Gasteiger partial charge >= 0.3 is 0 Å². The van der Waals surface area contributed by atoms with Crippen LogP contribution in [0, 0.1) is 0 Å². The van der Waals surface area contributed by atoms with Crippen LogP contribution < -0.4 is 0 Å². The molecule has 1 amide bonds. The Labute approximate surface area is 152 Å². The van der Waals surface area contributed by atoms with Gasteiger partial charge in [0.15, 0.2) is 0 Å². The first kappa shape index (κ1) is 16.4. The van der Waals surface area contributed by atoms with Crippen LogP contribution in [0.1, 0.15) is 40.6 Å². The first-order chi connectivity index (χ1) is 12.8. The quantitative estimate of drug-likeness (QED) is 0.728. The number of hydrogen-bond donors (Lipinski definition) is 0. The summed E-state index contributed by atoms with van der Waals surface area (Å²) in [4.78, 5) is 27.6. The van der Waals surface area contributed by atoms with Gasteiger partial charge in [-0.3, -0.25) is 14.8 Å². The molecule has 3 aromatic heterocycles. The monoisotopic (exact) mass is 347 g/mol. The van der Waals surface area contributed by atoms with Gasteiger partial charge in [0.05, 0.1) is 6.54 Å². The van der Waals surface area contributed by atoms with Crippen molar-refractivity contribution in [2.45, 2.75) is 25.3 Å². The van der Waals surface area contributed by atoms with Crippen molar-refractivity contribution in [3.05, 3.63) is 78.4 Å². The molecule has 1 unspecified atom stereocenters. The Balaban J connectivity index is 1.50. The van der Waals surface area contributed by atoms with Crippen molar-refractivity contribution in [2.24, 2.45) is 0 Å². The number of carbonyl (C=O) groups is 1. The number of pyridine rings is 2. The Kier molecular flexibility index (Phi) is 4.73. The predicted molar refractivity (Wildman–Crippen MR) is 97.7 cm³/mol. The molecule has 0 saturated carbocycles. The van der Waals surface area contributed by atoms with Gasteiger partial charge in [-0.25, -0.2) is 4.98 Å². The van der Waals surface area contributed by atoms with E-state index in [1.165, 1.54) is 0 Å². The van der Waals surface area contributed by atoms with E-state index in [4.69, 9.17) is 0 Å². The molecule has 1 fully saturated rings. The highest BCUT2D eigenvalue weighted by molar-refractivity contribution is 5.92. The highest BCUT2D eigenvalue weighted by Crippen LogP contribution is 2.27. The zero-order chi connectivity index (χ0) is 17.8. The van der Waals surface area contributed by atoms with E-state index in [0.29, 0.717) is 12.2 Å². The van der Waals surface area contributed by atoms with E-state index >= 15 is 0 Å². The van der Waals surface area contributed by atoms with Gasteiger partial charge < -0.3 is 9.47 Å². The highest BCUT2D eigenvalue weighted by Gasteiger charge is 2.28. The highest BCUT2D eigenvalue weighted by atomic mass is 16.2. The number of hydrogen-bond acceptors (Lipinski definition) is 4. The number of imidazole rings is 1. The van der Waals surface area contributed by atoms with Crippen molar-refractivity contribution in [3.63, 3.8) is 0 Å². The fourth-order valence-electron chi connectivity index (χ4n) is 3.53. The van der Waals surface area contributed by atoms with E-state index in [1.54, 1.807) is 18.5 Å². The lowest BCUT2D eigenvalue weighted by molar-refractivity contribution is 0.0697. The van der Waals surface area contributed by atoms with E-state index in [2.05, 4.69) is 25.6 Å². The van der Waals surface area contributed by atoms with Gasteiger partial charge in [0.2, 0.25) is 0 Å². The molecule has 4 rings (SSSR count). The fraction of sp³-hybridized carbons (Fsp3) is 0.300. The Morgan fingerprint density at radius 2 is 2.08 bits per heavy atom. The van der Waals surface area contributed by atoms with Crippen molar-refractivity contribution >= 4 is 5.91 Å². The first-order valence-electron chi connectivity index (χ1n) is 8.91. The minimum atomic E-state index is 0.000616. The minimum Gasteiger partial charge on any atom is -0.337 e. The lowest BCUT2D eigenvalue weighted by Crippen LogP contribution is -2.40. The second-order valence-electron chi connectivity index (χ2n) is 6.58. The van der Waals surface area contributed by atoms with Gasteiger partial charge in [0, 0.05) is 50.0 Å². The van der Waals surface area contributed by atoms with E-state index in [0.717, 1.165) is 37.3 Å². The van der Waals surface area contributed by atoms with Crippen molar-refractivity contribution in [1.82, 2.24) is 24.4 Å². The second kappa shape index (κ2) is 7.47. The minimum absolute atomic E-state index is 0.000616. The van der Waals surface area contributed by atoms with Crippen molar-refractivity contribution in [2.75, 3.05) is 13.1 Å². The van der Waals surface area contributed by atoms with Crippen molar-refractivity contribution < 1.29 is 4.79 Å². The SMILES string of the molecule is O=C(c1ccccn1)N1CCCC(c2nccn2Cc2cccnc2)C1. The Morgan fingerprint density at radius 3 is 2.88 bits per heavy atom. The molecule has 6 heteroatoms. The van der Waals surface area contributed by atoms with E-state index < -0.39 is 0 Å². The van der Waals surface area contributed by atoms with Crippen LogP contribution >= 0.6 is 0 Å². The predicted octanol–water partition coefficient (Wildman–Crippen LogP) is 2.74. The van der Waals surface area contributed by atoms with Gasteiger partial charge in [-0.05, 0) is 36.6 Å². The van der Waals surface area contributed by atoms with Gasteiger partial charge in [0.1, 0.15) is 11.5 Å². The van der Waals surface area contributed by atoms with E-state index in [1.807, 2.05) is 41.7 Å². The van der Waals surface area contributed by atoms with Gasteiger partial charge in [-0.15, -0.1) is 0 Å². The molecule has 0 aromatic carbocycles. The second-order valence-corrected chi connectivity index (χ2v) is 6.58. The topological polar surface area (TPSA) is 63.9 Å². The fourth-order valence-corrected chi connectivity index (χ4v) is 3.53. The summed E-state index contributed by atoms with van der Waals surface area (Å²) < 4.78 is 2.16. The van der Waals surface area contributed by atoms with Crippen LogP contribution in [0.3, 0.4) is 0 Å². The van der Waals surface area contributed by atoms with Crippen molar-refractivity contribution in [3.8, 4) is 0 Å². The molecule has 0 aliphatic carbocycles. The summed E-state index contributed by atoms with van der Waals surface area (Å²) in [6.45, 7) is 2.20. The largest absolute Gasteiger partial charge is 0.337 e. The third-order valence-electron chi connectivity index (χ3n) is 4.78. The third-order valence-corrected chi connectivity index (χ3v) is 4.78. The molecule has 0 radical (unpaired) electrons. The summed E-state index contributed by atoms with van der Waals surface area (Å²) in [6.07, 6.45) is 11.2. The molecular formula is C20H21N5O. The maximum atomic E-state index is 12.7. The normalized spacial score (nSPS) is 17.2. The molecule has 1 saturated heterocycles. The molecule has 26 heavy (non-hydrogen) atoms.